The predicted octanol–water partition coefficient (Wildman–Crippen LogP) is 1.67. The number of hydrogen-bond acceptors (Lipinski definition) is 5. The first kappa shape index (κ1) is 21.5. The van der Waals surface area contributed by atoms with Crippen LogP contribution in [-0.4, -0.2) is 56.2 Å². The molecule has 0 bridgehead atoms. The Kier molecular flexibility index (Phi) is 8.44. The highest BCUT2D eigenvalue weighted by atomic mass is 35.5. The van der Waals surface area contributed by atoms with Crippen molar-refractivity contribution in [1.82, 2.24) is 4.90 Å². The molecule has 0 spiro atoms. The number of amides is 2. The standard InChI is InChI=1S/C16H22ClN3O4.ClH/c1-20(2)15(21)9-23-13-5-3-10(7-12(13)17)19-16(22)14-6-4-11(8-18)24-14;/h3,5,7,11,14H,4,6,8-9,18H2,1-2H3,(H,19,22);1H/t11-,14+;/m1./s1. The summed E-state index contributed by atoms with van der Waals surface area (Å²) < 4.78 is 10.9. The van der Waals surface area contributed by atoms with E-state index in [1.54, 1.807) is 32.3 Å². The van der Waals surface area contributed by atoms with Gasteiger partial charge in [-0.1, -0.05) is 11.6 Å². The lowest BCUT2D eigenvalue weighted by atomic mass is 10.2. The summed E-state index contributed by atoms with van der Waals surface area (Å²) in [6.07, 6.45) is 0.873. The van der Waals surface area contributed by atoms with Gasteiger partial charge in [-0.2, -0.15) is 0 Å². The topological polar surface area (TPSA) is 93.9 Å². The van der Waals surface area contributed by atoms with Gasteiger partial charge in [0, 0.05) is 26.3 Å². The highest BCUT2D eigenvalue weighted by Gasteiger charge is 2.29. The van der Waals surface area contributed by atoms with Crippen LogP contribution >= 0.6 is 24.0 Å². The van der Waals surface area contributed by atoms with Crippen LogP contribution in [0.4, 0.5) is 5.69 Å². The fourth-order valence-electron chi connectivity index (χ4n) is 2.26. The summed E-state index contributed by atoms with van der Waals surface area (Å²) in [5.41, 5.74) is 6.08. The van der Waals surface area contributed by atoms with Gasteiger partial charge >= 0.3 is 0 Å². The molecule has 1 aromatic rings. The molecule has 2 amide bonds. The number of halogens is 2. The largest absolute Gasteiger partial charge is 0.482 e. The van der Waals surface area contributed by atoms with Crippen molar-refractivity contribution in [2.24, 2.45) is 5.73 Å². The van der Waals surface area contributed by atoms with Gasteiger partial charge in [0.05, 0.1) is 11.1 Å². The van der Waals surface area contributed by atoms with Crippen molar-refractivity contribution in [2.75, 3.05) is 32.6 Å². The molecule has 7 nitrogen and oxygen atoms in total. The molecule has 0 unspecified atom stereocenters. The Labute approximate surface area is 158 Å². The lowest BCUT2D eigenvalue weighted by Gasteiger charge is -2.14. The van der Waals surface area contributed by atoms with Gasteiger partial charge in [0.25, 0.3) is 11.8 Å². The molecule has 2 atom stereocenters. The molecule has 1 aliphatic rings. The van der Waals surface area contributed by atoms with E-state index < -0.39 is 6.10 Å². The maximum absolute atomic E-state index is 12.2. The number of anilines is 1. The van der Waals surface area contributed by atoms with Crippen LogP contribution in [0.3, 0.4) is 0 Å². The SMILES string of the molecule is CN(C)C(=O)COc1ccc(NC(=O)[C@@H]2CC[C@H](CN)O2)cc1Cl.Cl. The van der Waals surface area contributed by atoms with E-state index in [0.717, 1.165) is 6.42 Å². The van der Waals surface area contributed by atoms with Crippen LogP contribution in [0.2, 0.25) is 5.02 Å². The highest BCUT2D eigenvalue weighted by molar-refractivity contribution is 6.32. The summed E-state index contributed by atoms with van der Waals surface area (Å²) in [7, 11) is 3.29. The van der Waals surface area contributed by atoms with Gasteiger partial charge in [0.2, 0.25) is 0 Å². The van der Waals surface area contributed by atoms with Crippen LogP contribution in [0.15, 0.2) is 18.2 Å². The molecule has 140 valence electrons. The molecule has 0 radical (unpaired) electrons. The van der Waals surface area contributed by atoms with Crippen LogP contribution < -0.4 is 15.8 Å². The van der Waals surface area contributed by atoms with Crippen molar-refractivity contribution in [3.05, 3.63) is 23.2 Å². The third kappa shape index (κ3) is 6.04. The second kappa shape index (κ2) is 9.82. The molecular formula is C16H23Cl2N3O4. The van der Waals surface area contributed by atoms with Gasteiger partial charge in [0.1, 0.15) is 11.9 Å². The summed E-state index contributed by atoms with van der Waals surface area (Å²) in [4.78, 5) is 25.1. The fraction of sp³-hybridized carbons (Fsp3) is 0.500. The van der Waals surface area contributed by atoms with Crippen LogP contribution in [-0.2, 0) is 14.3 Å². The third-order valence-corrected chi connectivity index (χ3v) is 4.01. The summed E-state index contributed by atoms with van der Waals surface area (Å²) in [5, 5.41) is 3.07. The molecule has 1 fully saturated rings. The highest BCUT2D eigenvalue weighted by Crippen LogP contribution is 2.28. The second-order valence-electron chi connectivity index (χ2n) is 5.77. The molecule has 0 aromatic heterocycles. The van der Waals surface area contributed by atoms with Gasteiger partial charge in [-0.05, 0) is 31.0 Å². The Morgan fingerprint density at radius 2 is 2.12 bits per heavy atom. The molecule has 1 aliphatic heterocycles. The van der Waals surface area contributed by atoms with Gasteiger partial charge < -0.3 is 25.4 Å². The molecule has 9 heteroatoms. The molecule has 1 aromatic carbocycles. The van der Waals surface area contributed by atoms with Crippen molar-refractivity contribution in [2.45, 2.75) is 25.0 Å². The minimum atomic E-state index is -0.494. The lowest BCUT2D eigenvalue weighted by Crippen LogP contribution is -2.29. The molecule has 1 saturated heterocycles. The summed E-state index contributed by atoms with van der Waals surface area (Å²) in [5.74, 6) is -0.0139. The van der Waals surface area contributed by atoms with E-state index in [1.165, 1.54) is 4.90 Å². The summed E-state index contributed by atoms with van der Waals surface area (Å²) in [6, 6.07) is 4.85. The number of ether oxygens (including phenoxy) is 2. The number of nitrogens with zero attached hydrogens (tertiary/aromatic N) is 1. The van der Waals surface area contributed by atoms with Gasteiger partial charge in [-0.15, -0.1) is 12.4 Å². The Bertz CT molecular complexity index is 613. The first-order chi connectivity index (χ1) is 11.4. The summed E-state index contributed by atoms with van der Waals surface area (Å²) in [6.45, 7) is 0.308. The Morgan fingerprint density at radius 3 is 2.68 bits per heavy atom. The van der Waals surface area contributed by atoms with Crippen LogP contribution in [0, 0.1) is 0 Å². The maximum atomic E-state index is 12.2. The minimum Gasteiger partial charge on any atom is -0.482 e. The lowest BCUT2D eigenvalue weighted by molar-refractivity contribution is -0.130. The molecule has 2 rings (SSSR count). The average Bonchev–Trinajstić information content (AvgIpc) is 3.03. The van der Waals surface area contributed by atoms with E-state index >= 15 is 0 Å². The molecule has 3 N–H and O–H groups in total. The van der Waals surface area contributed by atoms with Crippen LogP contribution in [0.25, 0.3) is 0 Å². The zero-order valence-electron chi connectivity index (χ0n) is 14.2. The smallest absolute Gasteiger partial charge is 0.259 e. The number of rotatable bonds is 6. The molecule has 25 heavy (non-hydrogen) atoms. The molecule has 1 heterocycles. The Hall–Kier alpha value is -1.54. The number of hydrogen-bond donors (Lipinski definition) is 2. The monoisotopic (exact) mass is 391 g/mol. The first-order valence-electron chi connectivity index (χ1n) is 7.69. The quantitative estimate of drug-likeness (QED) is 0.768. The number of likely N-dealkylation sites (N-methyl/N-ethyl adjacent to an activating group) is 1. The van der Waals surface area contributed by atoms with E-state index in [0.29, 0.717) is 29.4 Å². The third-order valence-electron chi connectivity index (χ3n) is 3.71. The van der Waals surface area contributed by atoms with Gasteiger partial charge in [0.15, 0.2) is 6.61 Å². The average molecular weight is 392 g/mol. The van der Waals surface area contributed by atoms with E-state index in [2.05, 4.69) is 5.32 Å². The zero-order chi connectivity index (χ0) is 17.7. The number of nitrogens with two attached hydrogens (primary N) is 1. The van der Waals surface area contributed by atoms with E-state index in [1.807, 2.05) is 0 Å². The van der Waals surface area contributed by atoms with Crippen LogP contribution in [0.1, 0.15) is 12.8 Å². The van der Waals surface area contributed by atoms with Crippen molar-refractivity contribution in [1.29, 1.82) is 0 Å². The van der Waals surface area contributed by atoms with Crippen molar-refractivity contribution < 1.29 is 19.1 Å². The van der Waals surface area contributed by atoms with E-state index in [-0.39, 0.29) is 36.9 Å². The predicted molar refractivity (Wildman–Crippen MR) is 98.5 cm³/mol. The number of carbonyl (C=O) groups is 2. The second-order valence-corrected chi connectivity index (χ2v) is 6.18. The summed E-state index contributed by atoms with van der Waals surface area (Å²) >= 11 is 6.13. The van der Waals surface area contributed by atoms with E-state index in [9.17, 15) is 9.59 Å². The first-order valence-corrected chi connectivity index (χ1v) is 8.07. The van der Waals surface area contributed by atoms with Gasteiger partial charge in [-0.25, -0.2) is 0 Å². The number of benzene rings is 1. The van der Waals surface area contributed by atoms with Crippen LogP contribution in [0.5, 0.6) is 5.75 Å². The van der Waals surface area contributed by atoms with Crippen molar-refractivity contribution in [3.8, 4) is 5.75 Å². The Morgan fingerprint density at radius 1 is 1.40 bits per heavy atom. The number of carbonyl (C=O) groups excluding carboxylic acids is 2. The normalized spacial score (nSPS) is 19.0. The van der Waals surface area contributed by atoms with Gasteiger partial charge in [-0.3, -0.25) is 9.59 Å². The fourth-order valence-corrected chi connectivity index (χ4v) is 2.49. The molecule has 0 saturated carbocycles. The Balaban J connectivity index is 0.00000312. The van der Waals surface area contributed by atoms with E-state index in [4.69, 9.17) is 26.8 Å². The number of nitrogens with one attached hydrogen (secondary N) is 1. The molecular weight excluding hydrogens is 369 g/mol. The minimum absolute atomic E-state index is 0. The van der Waals surface area contributed by atoms with Crippen molar-refractivity contribution in [3.63, 3.8) is 0 Å². The maximum Gasteiger partial charge on any atom is 0.259 e. The zero-order valence-corrected chi connectivity index (χ0v) is 15.7. The molecule has 0 aliphatic carbocycles. The van der Waals surface area contributed by atoms with Crippen molar-refractivity contribution >= 4 is 41.5 Å².